The molecule has 2 bridgehead atoms. The Balaban J connectivity index is 2.24. The number of fused-ring (bicyclic) bond motifs is 2. The topological polar surface area (TPSA) is 43.4 Å². The highest BCUT2D eigenvalue weighted by Crippen LogP contribution is 2.35. The fourth-order valence-corrected chi connectivity index (χ4v) is 2.65. The third-order valence-electron chi connectivity index (χ3n) is 2.28. The van der Waals surface area contributed by atoms with Crippen molar-refractivity contribution in [3.8, 4) is 0 Å². The molecule has 74 valence electrons. The molecule has 2 aliphatic rings. The van der Waals surface area contributed by atoms with Crippen molar-refractivity contribution in [3.63, 3.8) is 0 Å². The second kappa shape index (κ2) is 3.61. The van der Waals surface area contributed by atoms with Crippen LogP contribution < -0.4 is 0 Å². The summed E-state index contributed by atoms with van der Waals surface area (Å²) in [5, 5.41) is 1.99. The summed E-state index contributed by atoms with van der Waals surface area (Å²) < 4.78 is 5.15. The molecule has 3 atom stereocenters. The SMILES string of the molecule is CC(=O)O[C@@H]1[C@@H]2C=CC(=O)[C@H]1C=CS2. The van der Waals surface area contributed by atoms with Crippen LogP contribution in [0.15, 0.2) is 23.6 Å². The van der Waals surface area contributed by atoms with Gasteiger partial charge >= 0.3 is 5.97 Å². The van der Waals surface area contributed by atoms with Crippen LogP contribution in [0, 0.1) is 5.92 Å². The van der Waals surface area contributed by atoms with Gasteiger partial charge in [-0.05, 0) is 11.5 Å². The minimum Gasteiger partial charge on any atom is -0.460 e. The molecule has 1 aliphatic heterocycles. The van der Waals surface area contributed by atoms with Gasteiger partial charge in [0.25, 0.3) is 0 Å². The van der Waals surface area contributed by atoms with Crippen LogP contribution in [0.25, 0.3) is 0 Å². The van der Waals surface area contributed by atoms with Gasteiger partial charge in [-0.1, -0.05) is 12.2 Å². The van der Waals surface area contributed by atoms with E-state index in [-0.39, 0.29) is 29.0 Å². The van der Waals surface area contributed by atoms with E-state index in [1.54, 1.807) is 30.0 Å². The number of thioether (sulfide) groups is 1. The lowest BCUT2D eigenvalue weighted by atomic mass is 9.89. The van der Waals surface area contributed by atoms with Crippen LogP contribution in [-0.4, -0.2) is 23.1 Å². The fraction of sp³-hybridized carbons (Fsp3) is 0.400. The first-order valence-corrected chi connectivity index (χ1v) is 5.34. The van der Waals surface area contributed by atoms with Gasteiger partial charge in [-0.15, -0.1) is 11.8 Å². The maximum absolute atomic E-state index is 11.5. The molecule has 4 heteroatoms. The summed E-state index contributed by atoms with van der Waals surface area (Å²) in [6.45, 7) is 1.37. The first-order chi connectivity index (χ1) is 6.68. The molecule has 0 saturated carbocycles. The van der Waals surface area contributed by atoms with Crippen molar-refractivity contribution < 1.29 is 14.3 Å². The minimum absolute atomic E-state index is 0.0176. The Bertz CT molecular complexity index is 332. The number of ether oxygens (including phenoxy) is 1. The van der Waals surface area contributed by atoms with Gasteiger partial charge in [0, 0.05) is 6.92 Å². The quantitative estimate of drug-likeness (QED) is 0.612. The van der Waals surface area contributed by atoms with E-state index in [0.29, 0.717) is 0 Å². The Hall–Kier alpha value is -1.03. The highest BCUT2D eigenvalue weighted by molar-refractivity contribution is 8.03. The average Bonchev–Trinajstić information content (AvgIpc) is 2.11. The summed E-state index contributed by atoms with van der Waals surface area (Å²) in [7, 11) is 0. The van der Waals surface area contributed by atoms with Crippen LogP contribution in [-0.2, 0) is 14.3 Å². The third-order valence-corrected chi connectivity index (χ3v) is 3.33. The maximum Gasteiger partial charge on any atom is 0.302 e. The molecule has 0 spiro atoms. The molecular weight excluding hydrogens is 200 g/mol. The van der Waals surface area contributed by atoms with E-state index in [2.05, 4.69) is 0 Å². The summed E-state index contributed by atoms with van der Waals surface area (Å²) in [6.07, 6.45) is 4.87. The Morgan fingerprint density at radius 3 is 3.00 bits per heavy atom. The Kier molecular flexibility index (Phi) is 2.46. The average molecular weight is 210 g/mol. The molecule has 1 heterocycles. The Labute approximate surface area is 86.2 Å². The van der Waals surface area contributed by atoms with Gasteiger partial charge in [-0.3, -0.25) is 9.59 Å². The lowest BCUT2D eigenvalue weighted by molar-refractivity contribution is -0.149. The van der Waals surface area contributed by atoms with Crippen LogP contribution in [0.5, 0.6) is 0 Å². The molecule has 3 nitrogen and oxygen atoms in total. The van der Waals surface area contributed by atoms with E-state index in [4.69, 9.17) is 4.74 Å². The minimum atomic E-state index is -0.330. The number of carbonyl (C=O) groups is 2. The highest BCUT2D eigenvalue weighted by atomic mass is 32.2. The van der Waals surface area contributed by atoms with E-state index in [1.165, 1.54) is 6.92 Å². The predicted molar refractivity (Wildman–Crippen MR) is 53.7 cm³/mol. The molecule has 0 saturated heterocycles. The van der Waals surface area contributed by atoms with E-state index >= 15 is 0 Å². The lowest BCUT2D eigenvalue weighted by Crippen LogP contribution is -2.41. The molecule has 0 aromatic heterocycles. The van der Waals surface area contributed by atoms with Crippen molar-refractivity contribution in [3.05, 3.63) is 23.6 Å². The van der Waals surface area contributed by atoms with E-state index < -0.39 is 0 Å². The van der Waals surface area contributed by atoms with Gasteiger partial charge in [-0.25, -0.2) is 0 Å². The zero-order valence-electron chi connectivity index (χ0n) is 7.67. The molecular formula is C10H10O3S. The lowest BCUT2D eigenvalue weighted by Gasteiger charge is -2.33. The van der Waals surface area contributed by atoms with Crippen molar-refractivity contribution in [2.24, 2.45) is 5.92 Å². The molecule has 0 N–H and O–H groups in total. The number of esters is 1. The molecule has 14 heavy (non-hydrogen) atoms. The third kappa shape index (κ3) is 1.62. The fourth-order valence-electron chi connectivity index (χ4n) is 1.66. The number of allylic oxidation sites excluding steroid dienone is 1. The van der Waals surface area contributed by atoms with Crippen molar-refractivity contribution >= 4 is 23.5 Å². The van der Waals surface area contributed by atoms with Gasteiger partial charge in [0.05, 0.1) is 11.2 Å². The molecule has 0 aromatic rings. The van der Waals surface area contributed by atoms with Crippen LogP contribution in [0.2, 0.25) is 0 Å². The number of rotatable bonds is 1. The van der Waals surface area contributed by atoms with Crippen LogP contribution in [0.3, 0.4) is 0 Å². The Morgan fingerprint density at radius 2 is 2.29 bits per heavy atom. The Morgan fingerprint density at radius 1 is 1.50 bits per heavy atom. The smallest absolute Gasteiger partial charge is 0.302 e. The van der Waals surface area contributed by atoms with Crippen LogP contribution in [0.4, 0.5) is 0 Å². The molecule has 0 amide bonds. The second-order valence-corrected chi connectivity index (χ2v) is 4.38. The normalized spacial score (nSPS) is 34.4. The first-order valence-electron chi connectivity index (χ1n) is 4.40. The van der Waals surface area contributed by atoms with E-state index in [0.717, 1.165) is 0 Å². The first kappa shape index (κ1) is 9.52. The number of hydrogen-bond donors (Lipinski definition) is 0. The predicted octanol–water partition coefficient (Wildman–Crippen LogP) is 1.30. The summed E-state index contributed by atoms with van der Waals surface area (Å²) in [5.74, 6) is -0.594. The summed E-state index contributed by atoms with van der Waals surface area (Å²) >= 11 is 1.57. The van der Waals surface area contributed by atoms with Crippen LogP contribution in [0.1, 0.15) is 6.92 Å². The largest absolute Gasteiger partial charge is 0.460 e. The second-order valence-electron chi connectivity index (χ2n) is 3.29. The molecule has 0 aromatic carbocycles. The zero-order valence-corrected chi connectivity index (χ0v) is 8.49. The van der Waals surface area contributed by atoms with Gasteiger partial charge in [0.1, 0.15) is 6.10 Å². The van der Waals surface area contributed by atoms with Gasteiger partial charge in [0.15, 0.2) is 5.78 Å². The van der Waals surface area contributed by atoms with E-state index in [9.17, 15) is 9.59 Å². The summed E-state index contributed by atoms with van der Waals surface area (Å²) in [4.78, 5) is 22.3. The van der Waals surface area contributed by atoms with Crippen molar-refractivity contribution in [1.29, 1.82) is 0 Å². The van der Waals surface area contributed by atoms with Crippen LogP contribution >= 0.6 is 11.8 Å². The molecule has 2 rings (SSSR count). The van der Waals surface area contributed by atoms with Gasteiger partial charge in [0.2, 0.25) is 0 Å². The molecule has 0 unspecified atom stereocenters. The zero-order chi connectivity index (χ0) is 10.1. The van der Waals surface area contributed by atoms with Gasteiger partial charge in [-0.2, -0.15) is 0 Å². The van der Waals surface area contributed by atoms with Crippen molar-refractivity contribution in [2.45, 2.75) is 18.3 Å². The standard InChI is InChI=1S/C10H10O3S/c1-6(11)13-10-7-4-5-14-9(10)3-2-8(7)12/h2-5,7,9-10H,1H3/t7-,9+,10+/m1/s1. The summed E-state index contributed by atoms with van der Waals surface area (Å²) in [5.41, 5.74) is 0. The number of carbonyl (C=O) groups excluding carboxylic acids is 2. The number of hydrogen-bond acceptors (Lipinski definition) is 4. The van der Waals surface area contributed by atoms with Gasteiger partial charge < -0.3 is 4.74 Å². The molecule has 0 radical (unpaired) electrons. The van der Waals surface area contributed by atoms with Crippen molar-refractivity contribution in [2.75, 3.05) is 0 Å². The summed E-state index contributed by atoms with van der Waals surface area (Å²) in [6, 6.07) is 0. The van der Waals surface area contributed by atoms with Crippen molar-refractivity contribution in [1.82, 2.24) is 0 Å². The number of ketones is 1. The van der Waals surface area contributed by atoms with E-state index in [1.807, 2.05) is 5.41 Å². The molecule has 0 fully saturated rings. The monoisotopic (exact) mass is 210 g/mol. The maximum atomic E-state index is 11.5. The molecule has 1 aliphatic carbocycles. The highest BCUT2D eigenvalue weighted by Gasteiger charge is 2.38.